The second-order valence-corrected chi connectivity index (χ2v) is 11.5. The van der Waals surface area contributed by atoms with Gasteiger partial charge in [-0.15, -0.1) is 0 Å². The Morgan fingerprint density at radius 1 is 1.10 bits per heavy atom. The standard InChI is InChI=1S/C31H32F3N3O2/c1-29-18-22-19-35-37(25-9-7-24(32)8-10-25)27(22)17-23(29)12-15-30(29,39)14-11-21-5-2-3-6-26(21)28(38)36-16-4-13-31(33,34)20-36/h2-3,5-10,17,19,39H,4,11-16,18,20H2,1H3/t29-,30-/m0/s1. The van der Waals surface area contributed by atoms with Crippen molar-refractivity contribution in [3.05, 3.63) is 88.5 Å². The minimum Gasteiger partial charge on any atom is -0.389 e. The SMILES string of the molecule is C[C@]12Cc3cnn(-c4ccc(F)cc4)c3C=C1CC[C@@]2(O)CCc1ccccc1C(=O)N1CCCC(F)(F)C1. The average molecular weight is 536 g/mol. The quantitative estimate of drug-likeness (QED) is 0.437. The third-order valence-corrected chi connectivity index (χ3v) is 9.09. The van der Waals surface area contributed by atoms with E-state index in [1.54, 1.807) is 24.3 Å². The molecule has 1 saturated heterocycles. The Kier molecular flexibility index (Phi) is 6.21. The molecule has 8 heteroatoms. The molecule has 2 atom stereocenters. The third kappa shape index (κ3) is 4.48. The molecule has 0 radical (unpaired) electrons. The first-order valence-electron chi connectivity index (χ1n) is 13.6. The Labute approximate surface area is 225 Å². The van der Waals surface area contributed by atoms with Crippen molar-refractivity contribution in [2.45, 2.75) is 63.4 Å². The first-order chi connectivity index (χ1) is 18.6. The molecular formula is C31H32F3N3O2. The third-order valence-electron chi connectivity index (χ3n) is 9.09. The predicted molar refractivity (Wildman–Crippen MR) is 142 cm³/mol. The molecule has 0 bridgehead atoms. The number of benzene rings is 2. The van der Waals surface area contributed by atoms with Gasteiger partial charge < -0.3 is 10.0 Å². The van der Waals surface area contributed by atoms with Crippen molar-refractivity contribution in [3.63, 3.8) is 0 Å². The van der Waals surface area contributed by atoms with Gasteiger partial charge in [0.15, 0.2) is 0 Å². The van der Waals surface area contributed by atoms with E-state index in [1.807, 2.05) is 23.0 Å². The van der Waals surface area contributed by atoms with Crippen LogP contribution in [0, 0.1) is 11.2 Å². The molecule has 2 aromatic carbocycles. The maximum Gasteiger partial charge on any atom is 0.265 e. The van der Waals surface area contributed by atoms with Gasteiger partial charge in [-0.25, -0.2) is 17.9 Å². The van der Waals surface area contributed by atoms with Crippen molar-refractivity contribution in [1.29, 1.82) is 0 Å². The highest BCUT2D eigenvalue weighted by Gasteiger charge is 2.54. The lowest BCUT2D eigenvalue weighted by Crippen LogP contribution is -2.46. The molecule has 3 aliphatic rings. The summed E-state index contributed by atoms with van der Waals surface area (Å²) < 4.78 is 43.3. The van der Waals surface area contributed by atoms with Gasteiger partial charge >= 0.3 is 0 Å². The van der Waals surface area contributed by atoms with Crippen molar-refractivity contribution >= 4 is 12.0 Å². The van der Waals surface area contributed by atoms with E-state index in [0.717, 1.165) is 34.5 Å². The summed E-state index contributed by atoms with van der Waals surface area (Å²) in [6.07, 6.45) is 6.89. The van der Waals surface area contributed by atoms with Gasteiger partial charge in [0.2, 0.25) is 0 Å². The summed E-state index contributed by atoms with van der Waals surface area (Å²) >= 11 is 0. The molecule has 2 fully saturated rings. The minimum absolute atomic E-state index is 0.190. The molecule has 1 amide bonds. The number of aliphatic hydroxyl groups is 1. The van der Waals surface area contributed by atoms with E-state index in [9.17, 15) is 23.1 Å². The summed E-state index contributed by atoms with van der Waals surface area (Å²) in [4.78, 5) is 14.5. The summed E-state index contributed by atoms with van der Waals surface area (Å²) in [5.74, 6) is -3.53. The first-order valence-corrected chi connectivity index (χ1v) is 13.6. The topological polar surface area (TPSA) is 58.4 Å². The van der Waals surface area contributed by atoms with Crippen LogP contribution < -0.4 is 0 Å². The summed E-state index contributed by atoms with van der Waals surface area (Å²) in [6.45, 7) is 1.87. The van der Waals surface area contributed by atoms with Gasteiger partial charge in [0.25, 0.3) is 11.8 Å². The molecule has 204 valence electrons. The lowest BCUT2D eigenvalue weighted by Gasteiger charge is -2.42. The lowest BCUT2D eigenvalue weighted by molar-refractivity contribution is -0.0561. The maximum atomic E-state index is 14.0. The van der Waals surface area contributed by atoms with Crippen LogP contribution in [0.5, 0.6) is 0 Å². The Hall–Kier alpha value is -3.39. The number of halogens is 3. The number of hydrogen-bond acceptors (Lipinski definition) is 3. The smallest absolute Gasteiger partial charge is 0.265 e. The van der Waals surface area contributed by atoms with E-state index in [0.29, 0.717) is 37.8 Å². The molecule has 0 unspecified atom stereocenters. The molecule has 1 N–H and O–H groups in total. The van der Waals surface area contributed by atoms with Crippen LogP contribution in [0.2, 0.25) is 0 Å². The zero-order valence-electron chi connectivity index (χ0n) is 22.0. The summed E-state index contributed by atoms with van der Waals surface area (Å²) in [5.41, 5.74) is 3.61. The number of nitrogens with zero attached hydrogens (tertiary/aromatic N) is 3. The van der Waals surface area contributed by atoms with Crippen LogP contribution in [0.15, 0.2) is 60.3 Å². The Morgan fingerprint density at radius 3 is 2.64 bits per heavy atom. The van der Waals surface area contributed by atoms with E-state index >= 15 is 0 Å². The highest BCUT2D eigenvalue weighted by Crippen LogP contribution is 2.57. The number of likely N-dealkylation sites (tertiary alicyclic amines) is 1. The number of aryl methyl sites for hydroxylation is 1. The fourth-order valence-electron chi connectivity index (χ4n) is 6.72. The molecule has 1 aliphatic heterocycles. The van der Waals surface area contributed by atoms with Crippen molar-refractivity contribution in [2.24, 2.45) is 5.41 Å². The highest BCUT2D eigenvalue weighted by atomic mass is 19.3. The van der Waals surface area contributed by atoms with Crippen molar-refractivity contribution in [1.82, 2.24) is 14.7 Å². The van der Waals surface area contributed by atoms with Crippen LogP contribution in [0.3, 0.4) is 0 Å². The van der Waals surface area contributed by atoms with Gasteiger partial charge in [0.05, 0.1) is 29.7 Å². The lowest BCUT2D eigenvalue weighted by atomic mass is 9.65. The van der Waals surface area contributed by atoms with Crippen LogP contribution in [0.1, 0.15) is 66.2 Å². The molecule has 39 heavy (non-hydrogen) atoms. The number of piperidine rings is 1. The van der Waals surface area contributed by atoms with Crippen LogP contribution in [0.25, 0.3) is 11.8 Å². The fourth-order valence-corrected chi connectivity index (χ4v) is 6.72. The molecular weight excluding hydrogens is 503 g/mol. The summed E-state index contributed by atoms with van der Waals surface area (Å²) in [6, 6.07) is 13.4. The Balaban J connectivity index is 1.23. The van der Waals surface area contributed by atoms with Crippen molar-refractivity contribution in [3.8, 4) is 5.69 Å². The number of carbonyl (C=O) groups is 1. The summed E-state index contributed by atoms with van der Waals surface area (Å²) in [5, 5.41) is 16.6. The highest BCUT2D eigenvalue weighted by molar-refractivity contribution is 5.95. The van der Waals surface area contributed by atoms with E-state index in [2.05, 4.69) is 18.1 Å². The zero-order valence-corrected chi connectivity index (χ0v) is 22.0. The normalized spacial score (nSPS) is 25.7. The van der Waals surface area contributed by atoms with Crippen LogP contribution in [-0.4, -0.2) is 50.3 Å². The van der Waals surface area contributed by atoms with Gasteiger partial charge in [-0.2, -0.15) is 5.10 Å². The van der Waals surface area contributed by atoms with Gasteiger partial charge in [0.1, 0.15) is 5.82 Å². The molecule has 2 aliphatic carbocycles. The van der Waals surface area contributed by atoms with Gasteiger partial charge in [-0.05, 0) is 86.1 Å². The first kappa shape index (κ1) is 25.9. The molecule has 5 nitrogen and oxygen atoms in total. The fraction of sp³-hybridized carbons (Fsp3) is 0.419. The maximum absolute atomic E-state index is 14.0. The monoisotopic (exact) mass is 535 g/mol. The number of rotatable bonds is 5. The number of aromatic nitrogens is 2. The predicted octanol–water partition coefficient (Wildman–Crippen LogP) is 5.99. The number of amides is 1. The molecule has 1 aromatic heterocycles. The molecule has 6 rings (SSSR count). The van der Waals surface area contributed by atoms with Gasteiger partial charge in [0, 0.05) is 23.9 Å². The number of alkyl halides is 2. The number of fused-ring (bicyclic) bond motifs is 2. The average Bonchev–Trinajstić information content (AvgIpc) is 3.43. The largest absolute Gasteiger partial charge is 0.389 e. The summed E-state index contributed by atoms with van der Waals surface area (Å²) in [7, 11) is 0. The minimum atomic E-state index is -2.86. The molecule has 3 aromatic rings. The zero-order chi connectivity index (χ0) is 27.4. The molecule has 1 saturated carbocycles. The Bertz CT molecular complexity index is 1450. The van der Waals surface area contributed by atoms with Crippen molar-refractivity contribution in [2.75, 3.05) is 13.1 Å². The van der Waals surface area contributed by atoms with E-state index < -0.39 is 23.5 Å². The van der Waals surface area contributed by atoms with Crippen LogP contribution >= 0.6 is 0 Å². The van der Waals surface area contributed by atoms with Crippen molar-refractivity contribution < 1.29 is 23.1 Å². The second kappa shape index (κ2) is 9.37. The van der Waals surface area contributed by atoms with Crippen LogP contribution in [-0.2, 0) is 12.8 Å². The molecule has 0 spiro atoms. The van der Waals surface area contributed by atoms with E-state index in [4.69, 9.17) is 0 Å². The molecule has 2 heterocycles. The van der Waals surface area contributed by atoms with Gasteiger partial charge in [-0.3, -0.25) is 4.79 Å². The number of hydrogen-bond donors (Lipinski definition) is 1. The second-order valence-electron chi connectivity index (χ2n) is 11.5. The van der Waals surface area contributed by atoms with Gasteiger partial charge in [-0.1, -0.05) is 30.7 Å². The van der Waals surface area contributed by atoms with Crippen LogP contribution in [0.4, 0.5) is 13.2 Å². The Morgan fingerprint density at radius 2 is 1.87 bits per heavy atom. The van der Waals surface area contributed by atoms with E-state index in [1.165, 1.54) is 17.0 Å². The van der Waals surface area contributed by atoms with E-state index in [-0.39, 0.29) is 24.6 Å². The number of carbonyl (C=O) groups excluding carboxylic acids is 1.